The fraction of sp³-hybridized carbons (Fsp3) is 0.0833. The molecule has 2 aromatic rings. The quantitative estimate of drug-likeness (QED) is 0.815. The van der Waals surface area contributed by atoms with Crippen molar-refractivity contribution < 1.29 is 9.50 Å². The number of hydrogen-bond donors (Lipinski definition) is 1. The van der Waals surface area contributed by atoms with Crippen LogP contribution in [0.1, 0.15) is 5.56 Å². The van der Waals surface area contributed by atoms with Gasteiger partial charge < -0.3 is 5.11 Å². The first-order valence-electron chi connectivity index (χ1n) is 4.72. The SMILES string of the molecule is OCc1cnc(Cl)c(-c2cccc(F)c2)c1. The maximum atomic E-state index is 13.1. The Balaban J connectivity index is 2.54. The Labute approximate surface area is 97.3 Å². The lowest BCUT2D eigenvalue weighted by atomic mass is 10.1. The van der Waals surface area contributed by atoms with Gasteiger partial charge in [-0.05, 0) is 29.3 Å². The van der Waals surface area contributed by atoms with Crippen molar-refractivity contribution in [2.75, 3.05) is 0 Å². The Hall–Kier alpha value is -1.45. The van der Waals surface area contributed by atoms with E-state index in [0.29, 0.717) is 21.8 Å². The molecule has 1 aromatic carbocycles. The minimum atomic E-state index is -0.331. The summed E-state index contributed by atoms with van der Waals surface area (Å²) in [5.41, 5.74) is 1.91. The van der Waals surface area contributed by atoms with Crippen LogP contribution in [0, 0.1) is 5.82 Å². The predicted molar refractivity (Wildman–Crippen MR) is 60.6 cm³/mol. The van der Waals surface area contributed by atoms with Crippen LogP contribution < -0.4 is 0 Å². The molecule has 0 saturated carbocycles. The molecule has 0 bridgehead atoms. The summed E-state index contributed by atoms with van der Waals surface area (Å²) in [7, 11) is 0. The summed E-state index contributed by atoms with van der Waals surface area (Å²) >= 11 is 5.92. The second kappa shape index (κ2) is 4.60. The Morgan fingerprint density at radius 2 is 2.12 bits per heavy atom. The van der Waals surface area contributed by atoms with E-state index in [1.807, 2.05) is 0 Å². The number of aromatic nitrogens is 1. The Bertz CT molecular complexity index is 516. The first-order valence-corrected chi connectivity index (χ1v) is 5.09. The van der Waals surface area contributed by atoms with Crippen molar-refractivity contribution in [3.05, 3.63) is 53.1 Å². The molecule has 1 aromatic heterocycles. The molecular weight excluding hydrogens is 229 g/mol. The van der Waals surface area contributed by atoms with E-state index >= 15 is 0 Å². The molecule has 2 nitrogen and oxygen atoms in total. The zero-order chi connectivity index (χ0) is 11.5. The largest absolute Gasteiger partial charge is 0.392 e. The molecular formula is C12H9ClFNO. The summed E-state index contributed by atoms with van der Waals surface area (Å²) in [5.74, 6) is -0.331. The van der Waals surface area contributed by atoms with Gasteiger partial charge in [0, 0.05) is 11.8 Å². The van der Waals surface area contributed by atoms with Gasteiger partial charge in [-0.15, -0.1) is 0 Å². The number of benzene rings is 1. The van der Waals surface area contributed by atoms with E-state index in [1.165, 1.54) is 18.3 Å². The normalized spacial score (nSPS) is 10.4. The average Bonchev–Trinajstić information content (AvgIpc) is 2.30. The fourth-order valence-electron chi connectivity index (χ4n) is 1.44. The van der Waals surface area contributed by atoms with Gasteiger partial charge in [0.2, 0.25) is 0 Å². The predicted octanol–water partition coefficient (Wildman–Crippen LogP) is 3.03. The standard InChI is InChI=1S/C12H9ClFNO/c13-12-11(4-8(7-16)6-15-12)9-2-1-3-10(14)5-9/h1-6,16H,7H2. The van der Waals surface area contributed by atoms with Gasteiger partial charge in [0.05, 0.1) is 6.61 Å². The molecule has 0 spiro atoms. The number of pyridine rings is 1. The molecule has 0 aliphatic carbocycles. The van der Waals surface area contributed by atoms with Crippen molar-refractivity contribution >= 4 is 11.6 Å². The second-order valence-electron chi connectivity index (χ2n) is 3.35. The number of aliphatic hydroxyl groups excluding tert-OH is 1. The topological polar surface area (TPSA) is 33.1 Å². The van der Waals surface area contributed by atoms with E-state index < -0.39 is 0 Å². The monoisotopic (exact) mass is 237 g/mol. The first kappa shape index (κ1) is 11.0. The second-order valence-corrected chi connectivity index (χ2v) is 3.71. The molecule has 0 unspecified atom stereocenters. The van der Waals surface area contributed by atoms with Gasteiger partial charge in [0.15, 0.2) is 0 Å². The fourth-order valence-corrected chi connectivity index (χ4v) is 1.65. The molecule has 2 rings (SSSR count). The van der Waals surface area contributed by atoms with E-state index in [9.17, 15) is 4.39 Å². The van der Waals surface area contributed by atoms with Gasteiger partial charge in [0.1, 0.15) is 11.0 Å². The zero-order valence-electron chi connectivity index (χ0n) is 8.32. The maximum Gasteiger partial charge on any atom is 0.136 e. The maximum absolute atomic E-state index is 13.1. The van der Waals surface area contributed by atoms with Crippen molar-refractivity contribution in [3.63, 3.8) is 0 Å². The lowest BCUT2D eigenvalue weighted by molar-refractivity contribution is 0.281. The molecule has 4 heteroatoms. The molecule has 0 saturated heterocycles. The van der Waals surface area contributed by atoms with Gasteiger partial charge >= 0.3 is 0 Å². The number of rotatable bonds is 2. The van der Waals surface area contributed by atoms with Gasteiger partial charge in [-0.3, -0.25) is 0 Å². The lowest BCUT2D eigenvalue weighted by Crippen LogP contribution is -1.90. The summed E-state index contributed by atoms with van der Waals surface area (Å²) in [6.45, 7) is -0.119. The van der Waals surface area contributed by atoms with Crippen LogP contribution >= 0.6 is 11.6 Å². The van der Waals surface area contributed by atoms with Crippen LogP contribution in [0.2, 0.25) is 5.15 Å². The van der Waals surface area contributed by atoms with Gasteiger partial charge in [-0.2, -0.15) is 0 Å². The third-order valence-corrected chi connectivity index (χ3v) is 2.52. The lowest BCUT2D eigenvalue weighted by Gasteiger charge is -2.05. The number of aliphatic hydroxyl groups is 1. The van der Waals surface area contributed by atoms with E-state index in [2.05, 4.69) is 4.98 Å². The van der Waals surface area contributed by atoms with Crippen LogP contribution in [-0.4, -0.2) is 10.1 Å². The summed E-state index contributed by atoms with van der Waals surface area (Å²) < 4.78 is 13.1. The van der Waals surface area contributed by atoms with Crippen molar-refractivity contribution in [2.24, 2.45) is 0 Å². The molecule has 0 radical (unpaired) electrons. The van der Waals surface area contributed by atoms with Crippen molar-refractivity contribution in [1.29, 1.82) is 0 Å². The van der Waals surface area contributed by atoms with Crippen LogP contribution in [0.25, 0.3) is 11.1 Å². The van der Waals surface area contributed by atoms with Crippen LogP contribution in [0.5, 0.6) is 0 Å². The van der Waals surface area contributed by atoms with Gasteiger partial charge in [-0.1, -0.05) is 23.7 Å². The zero-order valence-corrected chi connectivity index (χ0v) is 9.08. The summed E-state index contributed by atoms with van der Waals surface area (Å²) in [4.78, 5) is 3.94. The molecule has 1 N–H and O–H groups in total. The minimum absolute atomic E-state index is 0.119. The molecule has 82 valence electrons. The highest BCUT2D eigenvalue weighted by atomic mass is 35.5. The van der Waals surface area contributed by atoms with Crippen LogP contribution in [0.3, 0.4) is 0 Å². The average molecular weight is 238 g/mol. The number of hydrogen-bond acceptors (Lipinski definition) is 2. The number of nitrogens with zero attached hydrogens (tertiary/aromatic N) is 1. The highest BCUT2D eigenvalue weighted by Crippen LogP contribution is 2.27. The molecule has 0 atom stereocenters. The summed E-state index contributed by atoms with van der Waals surface area (Å²) in [5, 5.41) is 9.29. The number of halogens is 2. The third-order valence-electron chi connectivity index (χ3n) is 2.21. The highest BCUT2D eigenvalue weighted by Gasteiger charge is 2.06. The molecule has 0 amide bonds. The van der Waals surface area contributed by atoms with E-state index in [-0.39, 0.29) is 12.4 Å². The van der Waals surface area contributed by atoms with Crippen LogP contribution in [0.4, 0.5) is 4.39 Å². The van der Waals surface area contributed by atoms with Crippen LogP contribution in [0.15, 0.2) is 36.5 Å². The highest BCUT2D eigenvalue weighted by molar-refractivity contribution is 6.32. The summed E-state index contributed by atoms with van der Waals surface area (Å²) in [6, 6.07) is 7.79. The Kier molecular flexibility index (Phi) is 3.17. The summed E-state index contributed by atoms with van der Waals surface area (Å²) in [6.07, 6.45) is 1.49. The van der Waals surface area contributed by atoms with Gasteiger partial charge in [0.25, 0.3) is 0 Å². The van der Waals surface area contributed by atoms with E-state index in [4.69, 9.17) is 16.7 Å². The molecule has 0 fully saturated rings. The van der Waals surface area contributed by atoms with Gasteiger partial charge in [-0.25, -0.2) is 9.37 Å². The minimum Gasteiger partial charge on any atom is -0.392 e. The molecule has 16 heavy (non-hydrogen) atoms. The van der Waals surface area contributed by atoms with Crippen molar-refractivity contribution in [2.45, 2.75) is 6.61 Å². The van der Waals surface area contributed by atoms with Crippen molar-refractivity contribution in [3.8, 4) is 11.1 Å². The molecule has 0 aliphatic rings. The van der Waals surface area contributed by atoms with E-state index in [1.54, 1.807) is 18.2 Å². The van der Waals surface area contributed by atoms with E-state index in [0.717, 1.165) is 0 Å². The Morgan fingerprint density at radius 1 is 1.31 bits per heavy atom. The van der Waals surface area contributed by atoms with Crippen molar-refractivity contribution in [1.82, 2.24) is 4.98 Å². The molecule has 0 aliphatic heterocycles. The Morgan fingerprint density at radius 3 is 2.81 bits per heavy atom. The third kappa shape index (κ3) is 2.21. The first-order chi connectivity index (χ1) is 7.70. The molecule has 1 heterocycles. The van der Waals surface area contributed by atoms with Crippen LogP contribution in [-0.2, 0) is 6.61 Å². The smallest absolute Gasteiger partial charge is 0.136 e.